The van der Waals surface area contributed by atoms with E-state index in [0.29, 0.717) is 19.5 Å². The second kappa shape index (κ2) is 9.36. The van der Waals surface area contributed by atoms with Gasteiger partial charge in [-0.05, 0) is 47.4 Å². The fraction of sp³-hybridized carbons (Fsp3) is 0.464. The second-order valence-corrected chi connectivity index (χ2v) is 10.3. The van der Waals surface area contributed by atoms with E-state index in [1.807, 2.05) is 31.2 Å². The molecule has 0 aromatic heterocycles. The van der Waals surface area contributed by atoms with Gasteiger partial charge in [-0.3, -0.25) is 9.59 Å². The molecule has 1 heterocycles. The number of hydrogen-bond donors (Lipinski definition) is 2. The van der Waals surface area contributed by atoms with Gasteiger partial charge in [-0.25, -0.2) is 4.79 Å². The molecule has 5 rings (SSSR count). The summed E-state index contributed by atoms with van der Waals surface area (Å²) in [5, 5.41) is 12.2. The maximum absolute atomic E-state index is 13.4. The molecule has 2 aliphatic carbocycles. The third-order valence-corrected chi connectivity index (χ3v) is 8.19. The fourth-order valence-electron chi connectivity index (χ4n) is 5.99. The Balaban J connectivity index is 1.18. The van der Waals surface area contributed by atoms with Crippen molar-refractivity contribution >= 4 is 18.0 Å². The number of aliphatic carboxylic acids is 1. The number of fused-ring (bicyclic) bond motifs is 3. The first-order valence-corrected chi connectivity index (χ1v) is 12.5. The average molecular weight is 477 g/mol. The zero-order chi connectivity index (χ0) is 24.6. The maximum atomic E-state index is 13.4. The van der Waals surface area contributed by atoms with Crippen LogP contribution in [0.3, 0.4) is 0 Å². The van der Waals surface area contributed by atoms with E-state index in [-0.39, 0.29) is 30.9 Å². The van der Waals surface area contributed by atoms with Crippen molar-refractivity contribution in [1.29, 1.82) is 0 Å². The van der Waals surface area contributed by atoms with Gasteiger partial charge < -0.3 is 20.1 Å². The van der Waals surface area contributed by atoms with Crippen molar-refractivity contribution in [2.75, 3.05) is 26.2 Å². The monoisotopic (exact) mass is 476 g/mol. The molecule has 7 heteroatoms. The van der Waals surface area contributed by atoms with Crippen molar-refractivity contribution in [1.82, 2.24) is 10.2 Å². The van der Waals surface area contributed by atoms with Gasteiger partial charge in [0.25, 0.3) is 0 Å². The molecule has 0 bridgehead atoms. The van der Waals surface area contributed by atoms with E-state index in [4.69, 9.17) is 4.74 Å². The first-order valence-electron chi connectivity index (χ1n) is 12.5. The van der Waals surface area contributed by atoms with Gasteiger partial charge in [0, 0.05) is 25.6 Å². The number of carboxylic acid groups (broad SMARTS) is 1. The summed E-state index contributed by atoms with van der Waals surface area (Å²) in [5.41, 5.74) is 4.06. The molecule has 3 aliphatic rings. The van der Waals surface area contributed by atoms with Crippen LogP contribution in [0.25, 0.3) is 11.1 Å². The molecular formula is C28H32N2O5. The van der Waals surface area contributed by atoms with Crippen molar-refractivity contribution in [2.45, 2.75) is 38.5 Å². The van der Waals surface area contributed by atoms with Crippen LogP contribution in [-0.4, -0.2) is 54.2 Å². The summed E-state index contributed by atoms with van der Waals surface area (Å²) < 4.78 is 5.65. The van der Waals surface area contributed by atoms with Crippen LogP contribution in [0.15, 0.2) is 48.5 Å². The number of ether oxygens (including phenoxy) is 1. The highest BCUT2D eigenvalue weighted by Crippen LogP contribution is 2.45. The van der Waals surface area contributed by atoms with Crippen LogP contribution in [-0.2, 0) is 14.3 Å². The molecule has 2 aromatic rings. The van der Waals surface area contributed by atoms with Crippen LogP contribution >= 0.6 is 0 Å². The third kappa shape index (κ3) is 4.28. The van der Waals surface area contributed by atoms with Crippen molar-refractivity contribution in [3.63, 3.8) is 0 Å². The quantitative estimate of drug-likeness (QED) is 0.649. The summed E-state index contributed by atoms with van der Waals surface area (Å²) in [6.07, 6.45) is 2.35. The van der Waals surface area contributed by atoms with Gasteiger partial charge in [-0.1, -0.05) is 61.9 Å². The zero-order valence-corrected chi connectivity index (χ0v) is 20.0. The predicted octanol–water partition coefficient (Wildman–Crippen LogP) is 4.26. The molecule has 2 amide bonds. The summed E-state index contributed by atoms with van der Waals surface area (Å²) >= 11 is 0. The Morgan fingerprint density at radius 3 is 2.23 bits per heavy atom. The molecule has 1 saturated carbocycles. The number of likely N-dealkylation sites (tertiary alicyclic amines) is 1. The molecule has 2 atom stereocenters. The lowest BCUT2D eigenvalue weighted by Crippen LogP contribution is -2.56. The summed E-state index contributed by atoms with van der Waals surface area (Å²) in [5.74, 6) is -1.27. The molecule has 0 radical (unpaired) electrons. The Morgan fingerprint density at radius 1 is 1.06 bits per heavy atom. The third-order valence-electron chi connectivity index (χ3n) is 8.19. The van der Waals surface area contributed by atoms with Crippen LogP contribution in [0.2, 0.25) is 0 Å². The number of benzene rings is 2. The minimum atomic E-state index is -0.792. The van der Waals surface area contributed by atoms with Crippen LogP contribution in [0.1, 0.15) is 49.7 Å². The number of nitrogens with zero attached hydrogens (tertiary/aromatic N) is 1. The normalized spacial score (nSPS) is 22.5. The van der Waals surface area contributed by atoms with E-state index in [1.54, 1.807) is 4.90 Å². The van der Waals surface area contributed by atoms with E-state index in [0.717, 1.165) is 30.4 Å². The fourth-order valence-corrected chi connectivity index (χ4v) is 5.99. The molecule has 0 spiro atoms. The number of carboxylic acids is 1. The molecule has 2 fully saturated rings. The number of nitrogens with one attached hydrogen (secondary N) is 1. The number of rotatable bonds is 6. The maximum Gasteiger partial charge on any atom is 0.407 e. The molecule has 7 nitrogen and oxygen atoms in total. The Morgan fingerprint density at radius 2 is 1.69 bits per heavy atom. The lowest BCUT2D eigenvalue weighted by molar-refractivity contribution is -0.155. The Bertz CT molecular complexity index is 1100. The molecule has 1 aliphatic heterocycles. The number of alkyl carbamates (subject to hydrolysis) is 1. The average Bonchev–Trinajstić information content (AvgIpc) is 3.15. The summed E-state index contributed by atoms with van der Waals surface area (Å²) in [7, 11) is 0. The van der Waals surface area contributed by atoms with Crippen molar-refractivity contribution in [3.05, 3.63) is 59.7 Å². The molecule has 35 heavy (non-hydrogen) atoms. The lowest BCUT2D eigenvalue weighted by atomic mass is 9.67. The van der Waals surface area contributed by atoms with Gasteiger partial charge in [0.2, 0.25) is 5.91 Å². The Kier molecular flexibility index (Phi) is 6.26. The standard InChI is InChI=1S/C28H32N2O5/c1-18-15-30(14-11-19(18)25(31)32)26(33)28(12-6-13-28)17-29-27(34)35-16-24-22-9-4-2-7-20(22)21-8-3-5-10-23(21)24/h2-5,7-10,18-19,24H,6,11-17H2,1H3,(H,29,34)(H,31,32). The van der Waals surface area contributed by atoms with Gasteiger partial charge in [-0.2, -0.15) is 0 Å². The topological polar surface area (TPSA) is 95.9 Å². The van der Waals surface area contributed by atoms with Crippen LogP contribution in [0, 0.1) is 17.3 Å². The van der Waals surface area contributed by atoms with Gasteiger partial charge in [0.05, 0.1) is 11.3 Å². The Hall–Kier alpha value is -3.35. The summed E-state index contributed by atoms with van der Waals surface area (Å²) in [4.78, 5) is 39.2. The first-order chi connectivity index (χ1) is 16.9. The van der Waals surface area contributed by atoms with Gasteiger partial charge in [0.15, 0.2) is 0 Å². The lowest BCUT2D eigenvalue weighted by Gasteiger charge is -2.46. The van der Waals surface area contributed by atoms with Gasteiger partial charge >= 0.3 is 12.1 Å². The summed E-state index contributed by atoms with van der Waals surface area (Å²) in [6, 6.07) is 16.4. The van der Waals surface area contributed by atoms with Crippen molar-refractivity contribution < 1.29 is 24.2 Å². The van der Waals surface area contributed by atoms with E-state index >= 15 is 0 Å². The SMILES string of the molecule is CC1CN(C(=O)C2(CNC(=O)OCC3c4ccccc4-c4ccccc43)CCC2)CCC1C(=O)O. The minimum absolute atomic E-state index is 0.00976. The first kappa shape index (κ1) is 23.4. The second-order valence-electron chi connectivity index (χ2n) is 10.3. The van der Waals surface area contributed by atoms with Gasteiger partial charge in [-0.15, -0.1) is 0 Å². The number of carbonyl (C=O) groups is 3. The Labute approximate surface area is 205 Å². The summed E-state index contributed by atoms with van der Waals surface area (Å²) in [6.45, 7) is 3.27. The zero-order valence-electron chi connectivity index (χ0n) is 20.0. The molecule has 2 unspecified atom stereocenters. The smallest absolute Gasteiger partial charge is 0.407 e. The highest BCUT2D eigenvalue weighted by molar-refractivity contribution is 5.85. The minimum Gasteiger partial charge on any atom is -0.481 e. The van der Waals surface area contributed by atoms with E-state index in [1.165, 1.54) is 11.1 Å². The van der Waals surface area contributed by atoms with Crippen LogP contribution < -0.4 is 5.32 Å². The van der Waals surface area contributed by atoms with E-state index in [2.05, 4.69) is 29.6 Å². The molecule has 2 aromatic carbocycles. The number of carbonyl (C=O) groups excluding carboxylic acids is 2. The highest BCUT2D eigenvalue weighted by atomic mass is 16.5. The van der Waals surface area contributed by atoms with Crippen molar-refractivity contribution in [2.24, 2.45) is 17.3 Å². The number of amides is 2. The van der Waals surface area contributed by atoms with Crippen molar-refractivity contribution in [3.8, 4) is 11.1 Å². The van der Waals surface area contributed by atoms with Crippen LogP contribution in [0.5, 0.6) is 0 Å². The molecular weight excluding hydrogens is 444 g/mol. The predicted molar refractivity (Wildman–Crippen MR) is 131 cm³/mol. The van der Waals surface area contributed by atoms with E-state index in [9.17, 15) is 19.5 Å². The molecule has 184 valence electrons. The van der Waals surface area contributed by atoms with Crippen LogP contribution in [0.4, 0.5) is 4.79 Å². The number of hydrogen-bond acceptors (Lipinski definition) is 4. The van der Waals surface area contributed by atoms with Gasteiger partial charge in [0.1, 0.15) is 6.61 Å². The molecule has 2 N–H and O–H groups in total. The highest BCUT2D eigenvalue weighted by Gasteiger charge is 2.48. The van der Waals surface area contributed by atoms with E-state index < -0.39 is 23.4 Å². The number of piperidine rings is 1. The largest absolute Gasteiger partial charge is 0.481 e. The molecule has 1 saturated heterocycles.